The minimum Gasteiger partial charge on any atom is -0.391 e. The number of rotatable bonds is 5. The van der Waals surface area contributed by atoms with Crippen LogP contribution in [0.15, 0.2) is 18.3 Å². The van der Waals surface area contributed by atoms with E-state index in [0.717, 1.165) is 18.7 Å². The minimum absolute atomic E-state index is 0.0286. The molecule has 1 aromatic rings. The quantitative estimate of drug-likeness (QED) is 0.689. The van der Waals surface area contributed by atoms with Gasteiger partial charge in [-0.05, 0) is 19.2 Å². The Morgan fingerprint density at radius 1 is 1.61 bits per heavy atom. The van der Waals surface area contributed by atoms with Crippen LogP contribution in [0, 0.1) is 5.92 Å². The Hall–Kier alpha value is -1.33. The number of aromatic amines is 1. The fourth-order valence-electron chi connectivity index (χ4n) is 2.44. The highest BCUT2D eigenvalue weighted by atomic mass is 16.3. The van der Waals surface area contributed by atoms with E-state index in [-0.39, 0.29) is 17.9 Å². The van der Waals surface area contributed by atoms with Gasteiger partial charge < -0.3 is 20.3 Å². The van der Waals surface area contributed by atoms with E-state index in [9.17, 15) is 9.90 Å². The number of H-pyrrole nitrogens is 1. The minimum atomic E-state index is -0.371. The number of carbonyl (C=O) groups excluding carboxylic acids is 1. The summed E-state index contributed by atoms with van der Waals surface area (Å²) in [6.07, 6.45) is 2.73. The number of hydrogen-bond acceptors (Lipinski definition) is 3. The third-order valence-electron chi connectivity index (χ3n) is 3.42. The van der Waals surface area contributed by atoms with Crippen molar-refractivity contribution in [3.05, 3.63) is 24.0 Å². The van der Waals surface area contributed by atoms with Crippen LogP contribution >= 0.6 is 0 Å². The van der Waals surface area contributed by atoms with Gasteiger partial charge in [0.1, 0.15) is 0 Å². The molecule has 0 radical (unpaired) electrons. The van der Waals surface area contributed by atoms with Gasteiger partial charge in [-0.2, -0.15) is 0 Å². The lowest BCUT2D eigenvalue weighted by Gasteiger charge is -2.12. The van der Waals surface area contributed by atoms with Gasteiger partial charge in [0.25, 0.3) is 0 Å². The molecule has 1 saturated heterocycles. The first kappa shape index (κ1) is 13.1. The fraction of sp³-hybridized carbons (Fsp3) is 0.615. The maximum Gasteiger partial charge on any atom is 0.220 e. The third kappa shape index (κ3) is 3.58. The van der Waals surface area contributed by atoms with Gasteiger partial charge in [-0.1, -0.05) is 0 Å². The van der Waals surface area contributed by atoms with Gasteiger partial charge in [-0.3, -0.25) is 4.79 Å². The van der Waals surface area contributed by atoms with Crippen LogP contribution in [-0.2, 0) is 11.2 Å². The van der Waals surface area contributed by atoms with Crippen LogP contribution in [0.1, 0.15) is 12.1 Å². The molecule has 5 nitrogen and oxygen atoms in total. The molecule has 2 rings (SSSR count). The summed E-state index contributed by atoms with van der Waals surface area (Å²) in [6, 6.07) is 3.95. The zero-order valence-corrected chi connectivity index (χ0v) is 10.7. The van der Waals surface area contributed by atoms with Crippen molar-refractivity contribution >= 4 is 5.91 Å². The summed E-state index contributed by atoms with van der Waals surface area (Å²) in [4.78, 5) is 16.9. The number of hydrogen-bond donors (Lipinski definition) is 3. The Bertz CT molecular complexity index is 378. The molecule has 18 heavy (non-hydrogen) atoms. The largest absolute Gasteiger partial charge is 0.391 e. The standard InChI is InChI=1S/C13H21N3O2/c1-16-8-10(12(17)9-16)7-13(18)15-6-4-11-3-2-5-14-11/h2-3,5,10,12,14,17H,4,6-9H2,1H3,(H,15,18)/t10-,12-/m1/s1. The molecule has 3 N–H and O–H groups in total. The van der Waals surface area contributed by atoms with E-state index in [1.165, 1.54) is 0 Å². The van der Waals surface area contributed by atoms with E-state index in [1.54, 1.807) is 0 Å². The molecule has 1 amide bonds. The monoisotopic (exact) mass is 251 g/mol. The second kappa shape index (κ2) is 6.02. The summed E-state index contributed by atoms with van der Waals surface area (Å²) in [7, 11) is 1.96. The van der Waals surface area contributed by atoms with E-state index in [4.69, 9.17) is 0 Å². The van der Waals surface area contributed by atoms with E-state index >= 15 is 0 Å². The number of aromatic nitrogens is 1. The predicted octanol–water partition coefficient (Wildman–Crippen LogP) is -0.0140. The highest BCUT2D eigenvalue weighted by Crippen LogP contribution is 2.18. The van der Waals surface area contributed by atoms with Crippen LogP contribution < -0.4 is 5.32 Å². The van der Waals surface area contributed by atoms with E-state index in [0.29, 0.717) is 19.5 Å². The van der Waals surface area contributed by atoms with Crippen molar-refractivity contribution in [2.24, 2.45) is 5.92 Å². The Morgan fingerprint density at radius 2 is 2.44 bits per heavy atom. The molecule has 0 spiro atoms. The van der Waals surface area contributed by atoms with Gasteiger partial charge >= 0.3 is 0 Å². The number of carbonyl (C=O) groups is 1. The molecule has 0 saturated carbocycles. The summed E-state index contributed by atoms with van der Waals surface area (Å²) in [5, 5.41) is 12.7. The maximum absolute atomic E-state index is 11.7. The SMILES string of the molecule is CN1C[C@@H](CC(=O)NCCc2ccc[nH]2)[C@H](O)C1. The average Bonchev–Trinajstić information content (AvgIpc) is 2.90. The first-order valence-corrected chi connectivity index (χ1v) is 6.40. The Balaban J connectivity index is 1.66. The predicted molar refractivity (Wildman–Crippen MR) is 69.1 cm³/mol. The Labute approximate surface area is 107 Å². The van der Waals surface area contributed by atoms with Gasteiger partial charge in [-0.15, -0.1) is 0 Å². The van der Waals surface area contributed by atoms with Crippen molar-refractivity contribution in [1.29, 1.82) is 0 Å². The van der Waals surface area contributed by atoms with E-state index in [2.05, 4.69) is 15.2 Å². The molecule has 1 aliphatic heterocycles. The highest BCUT2D eigenvalue weighted by Gasteiger charge is 2.30. The first-order chi connectivity index (χ1) is 8.65. The molecule has 5 heteroatoms. The van der Waals surface area contributed by atoms with Gasteiger partial charge in [-0.25, -0.2) is 0 Å². The normalized spacial score (nSPS) is 24.3. The molecular formula is C13H21N3O2. The van der Waals surface area contributed by atoms with Crippen LogP contribution in [0.3, 0.4) is 0 Å². The van der Waals surface area contributed by atoms with Crippen LogP contribution in [0.5, 0.6) is 0 Å². The number of nitrogens with zero attached hydrogens (tertiary/aromatic N) is 1. The van der Waals surface area contributed by atoms with E-state index < -0.39 is 0 Å². The van der Waals surface area contributed by atoms with Gasteiger partial charge in [0.15, 0.2) is 0 Å². The number of likely N-dealkylation sites (tertiary alicyclic amines) is 1. The average molecular weight is 251 g/mol. The van der Waals surface area contributed by atoms with Crippen molar-refractivity contribution in [3.8, 4) is 0 Å². The molecular weight excluding hydrogens is 230 g/mol. The first-order valence-electron chi connectivity index (χ1n) is 6.40. The smallest absolute Gasteiger partial charge is 0.220 e. The van der Waals surface area contributed by atoms with Crippen molar-refractivity contribution in [2.75, 3.05) is 26.7 Å². The molecule has 2 heterocycles. The fourth-order valence-corrected chi connectivity index (χ4v) is 2.44. The van der Waals surface area contributed by atoms with Crippen LogP contribution in [0.25, 0.3) is 0 Å². The molecule has 1 fully saturated rings. The van der Waals surface area contributed by atoms with Crippen molar-refractivity contribution in [1.82, 2.24) is 15.2 Å². The van der Waals surface area contributed by atoms with Gasteiger partial charge in [0.05, 0.1) is 6.10 Å². The highest BCUT2D eigenvalue weighted by molar-refractivity contribution is 5.76. The van der Waals surface area contributed by atoms with Crippen molar-refractivity contribution in [2.45, 2.75) is 18.9 Å². The lowest BCUT2D eigenvalue weighted by atomic mass is 10.0. The second-order valence-corrected chi connectivity index (χ2v) is 5.05. The van der Waals surface area contributed by atoms with Crippen LogP contribution in [0.4, 0.5) is 0 Å². The third-order valence-corrected chi connectivity index (χ3v) is 3.42. The summed E-state index contributed by atoms with van der Waals surface area (Å²) in [5.74, 6) is 0.0985. The summed E-state index contributed by atoms with van der Waals surface area (Å²) in [5.41, 5.74) is 1.12. The molecule has 1 aromatic heterocycles. The number of amides is 1. The summed E-state index contributed by atoms with van der Waals surface area (Å²) in [6.45, 7) is 2.10. The second-order valence-electron chi connectivity index (χ2n) is 5.05. The summed E-state index contributed by atoms with van der Waals surface area (Å²) < 4.78 is 0. The number of aliphatic hydroxyl groups is 1. The molecule has 0 bridgehead atoms. The lowest BCUT2D eigenvalue weighted by molar-refractivity contribution is -0.122. The topological polar surface area (TPSA) is 68.4 Å². The van der Waals surface area contributed by atoms with E-state index in [1.807, 2.05) is 25.4 Å². The zero-order chi connectivity index (χ0) is 13.0. The molecule has 100 valence electrons. The molecule has 2 atom stereocenters. The van der Waals surface area contributed by atoms with Crippen LogP contribution in [-0.4, -0.2) is 53.7 Å². The Morgan fingerprint density at radius 3 is 3.06 bits per heavy atom. The number of aliphatic hydroxyl groups excluding tert-OH is 1. The molecule has 0 aromatic carbocycles. The van der Waals surface area contributed by atoms with Gasteiger partial charge in [0.2, 0.25) is 5.91 Å². The number of likely N-dealkylation sites (N-methyl/N-ethyl adjacent to an activating group) is 1. The lowest BCUT2D eigenvalue weighted by Crippen LogP contribution is -2.30. The maximum atomic E-state index is 11.7. The van der Waals surface area contributed by atoms with Crippen molar-refractivity contribution < 1.29 is 9.90 Å². The van der Waals surface area contributed by atoms with Crippen LogP contribution in [0.2, 0.25) is 0 Å². The number of nitrogens with one attached hydrogen (secondary N) is 2. The number of β-amino-alcohol motifs (C(OH)–C–C–N with tert-alkyl or cyclic N) is 1. The summed E-state index contributed by atoms with van der Waals surface area (Å²) >= 11 is 0. The Kier molecular flexibility index (Phi) is 4.38. The zero-order valence-electron chi connectivity index (χ0n) is 10.7. The molecule has 0 aliphatic carbocycles. The van der Waals surface area contributed by atoms with Crippen molar-refractivity contribution in [3.63, 3.8) is 0 Å². The van der Waals surface area contributed by atoms with Gasteiger partial charge in [0, 0.05) is 50.3 Å². The molecule has 1 aliphatic rings. The molecule has 0 unspecified atom stereocenters.